The first-order valence-corrected chi connectivity index (χ1v) is 8.96. The number of nitrogens with two attached hydrogens (primary N) is 1. The standard InChI is InChI=1S/C23H23N3/c1-15(2)18-7-4-8-19(14-18)25-23(24)26(3)21-13-12-17-11-10-16-6-5-9-20(21)22(16)17/h4-15H,1-3H3,(H2,24,25). The van der Waals surface area contributed by atoms with Crippen LogP contribution in [0.5, 0.6) is 0 Å². The second-order valence-electron chi connectivity index (χ2n) is 7.06. The van der Waals surface area contributed by atoms with Gasteiger partial charge in [-0.15, -0.1) is 0 Å². The van der Waals surface area contributed by atoms with Crippen LogP contribution in [-0.2, 0) is 0 Å². The number of hydrogen-bond acceptors (Lipinski definition) is 1. The van der Waals surface area contributed by atoms with Gasteiger partial charge in [-0.1, -0.05) is 62.4 Å². The molecule has 0 saturated carbocycles. The third-order valence-corrected chi connectivity index (χ3v) is 5.01. The van der Waals surface area contributed by atoms with Gasteiger partial charge in [-0.05, 0) is 46.2 Å². The van der Waals surface area contributed by atoms with Crippen LogP contribution in [0.15, 0.2) is 59.6 Å². The number of benzene rings is 3. The summed E-state index contributed by atoms with van der Waals surface area (Å²) in [6, 6.07) is 18.9. The Balaban J connectivity index is 1.73. The predicted octanol–water partition coefficient (Wildman–Crippen LogP) is 5.53. The molecule has 2 N–H and O–H groups in total. The summed E-state index contributed by atoms with van der Waals surface area (Å²) in [5.74, 6) is 0.950. The fourth-order valence-electron chi connectivity index (χ4n) is 3.48. The van der Waals surface area contributed by atoms with E-state index in [1.807, 2.05) is 24.1 Å². The lowest BCUT2D eigenvalue weighted by Gasteiger charge is -2.21. The zero-order chi connectivity index (χ0) is 18.3. The van der Waals surface area contributed by atoms with Gasteiger partial charge in [0.05, 0.1) is 11.4 Å². The summed E-state index contributed by atoms with van der Waals surface area (Å²) in [4.78, 5) is 6.61. The summed E-state index contributed by atoms with van der Waals surface area (Å²) in [6.45, 7) is 4.36. The number of guanidine groups is 1. The molecule has 4 rings (SSSR count). The van der Waals surface area contributed by atoms with Gasteiger partial charge in [0.15, 0.2) is 0 Å². The van der Waals surface area contributed by atoms with Crippen LogP contribution in [-0.4, -0.2) is 13.0 Å². The van der Waals surface area contributed by atoms with Crippen molar-refractivity contribution in [3.8, 4) is 0 Å². The first-order chi connectivity index (χ1) is 12.5. The molecular weight excluding hydrogens is 318 g/mol. The van der Waals surface area contributed by atoms with Crippen LogP contribution in [0.3, 0.4) is 0 Å². The highest BCUT2D eigenvalue weighted by atomic mass is 15.2. The normalized spacial score (nSPS) is 13.0. The van der Waals surface area contributed by atoms with Crippen molar-refractivity contribution in [3.63, 3.8) is 0 Å². The minimum Gasteiger partial charge on any atom is -0.369 e. The van der Waals surface area contributed by atoms with Crippen LogP contribution < -0.4 is 10.6 Å². The minimum atomic E-state index is 0.466. The molecule has 0 atom stereocenters. The Morgan fingerprint density at radius 1 is 0.962 bits per heavy atom. The van der Waals surface area contributed by atoms with E-state index in [1.54, 1.807) is 0 Å². The molecule has 0 fully saturated rings. The van der Waals surface area contributed by atoms with Crippen molar-refractivity contribution in [1.29, 1.82) is 0 Å². The maximum absolute atomic E-state index is 6.35. The van der Waals surface area contributed by atoms with Crippen molar-refractivity contribution in [2.45, 2.75) is 19.8 Å². The fourth-order valence-corrected chi connectivity index (χ4v) is 3.48. The number of anilines is 1. The van der Waals surface area contributed by atoms with Crippen molar-refractivity contribution in [3.05, 3.63) is 71.3 Å². The second-order valence-corrected chi connectivity index (χ2v) is 7.06. The Morgan fingerprint density at radius 2 is 1.69 bits per heavy atom. The molecule has 0 bridgehead atoms. The Bertz CT molecular complexity index is 1030. The molecule has 0 saturated heterocycles. The Morgan fingerprint density at radius 3 is 2.46 bits per heavy atom. The lowest BCUT2D eigenvalue weighted by molar-refractivity contribution is 0.867. The number of rotatable bonds is 3. The van der Waals surface area contributed by atoms with E-state index in [0.29, 0.717) is 11.9 Å². The van der Waals surface area contributed by atoms with Crippen LogP contribution in [0, 0.1) is 0 Å². The highest BCUT2D eigenvalue weighted by molar-refractivity contribution is 6.12. The third kappa shape index (κ3) is 2.76. The summed E-state index contributed by atoms with van der Waals surface area (Å²) in [5.41, 5.74) is 12.1. The monoisotopic (exact) mass is 341 g/mol. The average molecular weight is 341 g/mol. The number of aliphatic imine (C=N–C) groups is 1. The molecule has 0 amide bonds. The topological polar surface area (TPSA) is 41.6 Å². The molecule has 3 aromatic rings. The van der Waals surface area contributed by atoms with Crippen LogP contribution in [0.25, 0.3) is 22.9 Å². The first kappa shape index (κ1) is 16.4. The van der Waals surface area contributed by atoms with Gasteiger partial charge in [-0.25, -0.2) is 4.99 Å². The van der Waals surface area contributed by atoms with E-state index in [9.17, 15) is 0 Å². The Hall–Kier alpha value is -3.07. The average Bonchev–Trinajstić information content (AvgIpc) is 3.07. The molecule has 0 aromatic heterocycles. The molecule has 3 aromatic carbocycles. The van der Waals surface area contributed by atoms with Gasteiger partial charge in [0.25, 0.3) is 0 Å². The van der Waals surface area contributed by atoms with Gasteiger partial charge in [0, 0.05) is 12.4 Å². The SMILES string of the molecule is CC(C)c1cccc(N=C(N)N(C)c2ccc3c4c(cccc24)C=C3)c1. The van der Waals surface area contributed by atoms with Crippen molar-refractivity contribution in [1.82, 2.24) is 0 Å². The molecular formula is C23H23N3. The van der Waals surface area contributed by atoms with Crippen molar-refractivity contribution in [2.24, 2.45) is 10.7 Å². The summed E-state index contributed by atoms with van der Waals surface area (Å²) in [6.07, 6.45) is 4.33. The number of nitrogens with zero attached hydrogens (tertiary/aromatic N) is 2. The molecule has 1 aliphatic rings. The Kier molecular flexibility index (Phi) is 4.00. The molecule has 0 radical (unpaired) electrons. The van der Waals surface area contributed by atoms with Crippen LogP contribution >= 0.6 is 0 Å². The van der Waals surface area contributed by atoms with E-state index in [-0.39, 0.29) is 0 Å². The molecule has 0 spiro atoms. The molecule has 0 aliphatic heterocycles. The van der Waals surface area contributed by atoms with Crippen molar-refractivity contribution >= 4 is 40.3 Å². The minimum absolute atomic E-state index is 0.466. The zero-order valence-electron chi connectivity index (χ0n) is 15.4. The Labute approximate surface area is 154 Å². The maximum Gasteiger partial charge on any atom is 0.200 e. The van der Waals surface area contributed by atoms with Gasteiger partial charge >= 0.3 is 0 Å². The lowest BCUT2D eigenvalue weighted by atomic mass is 10.0. The van der Waals surface area contributed by atoms with E-state index >= 15 is 0 Å². The fraction of sp³-hybridized carbons (Fsp3) is 0.174. The van der Waals surface area contributed by atoms with E-state index in [2.05, 4.69) is 73.5 Å². The van der Waals surface area contributed by atoms with E-state index in [4.69, 9.17) is 5.73 Å². The quantitative estimate of drug-likeness (QED) is 0.393. The van der Waals surface area contributed by atoms with Gasteiger partial charge in [0.1, 0.15) is 0 Å². The zero-order valence-corrected chi connectivity index (χ0v) is 15.4. The summed E-state index contributed by atoms with van der Waals surface area (Å²) in [7, 11) is 1.97. The third-order valence-electron chi connectivity index (χ3n) is 5.01. The van der Waals surface area contributed by atoms with Gasteiger partial charge in [0.2, 0.25) is 5.96 Å². The van der Waals surface area contributed by atoms with Gasteiger partial charge < -0.3 is 10.6 Å². The van der Waals surface area contributed by atoms with Gasteiger partial charge in [-0.3, -0.25) is 0 Å². The molecule has 0 heterocycles. The highest BCUT2D eigenvalue weighted by Gasteiger charge is 2.15. The summed E-state index contributed by atoms with van der Waals surface area (Å²) in [5, 5.41) is 2.48. The second kappa shape index (κ2) is 6.34. The first-order valence-electron chi connectivity index (χ1n) is 8.96. The van der Waals surface area contributed by atoms with Crippen LogP contribution in [0.2, 0.25) is 0 Å². The van der Waals surface area contributed by atoms with E-state index < -0.39 is 0 Å². The molecule has 26 heavy (non-hydrogen) atoms. The number of hydrogen-bond donors (Lipinski definition) is 1. The summed E-state index contributed by atoms with van der Waals surface area (Å²) >= 11 is 0. The highest BCUT2D eigenvalue weighted by Crippen LogP contribution is 2.36. The van der Waals surface area contributed by atoms with Gasteiger partial charge in [-0.2, -0.15) is 0 Å². The smallest absolute Gasteiger partial charge is 0.200 e. The molecule has 1 aliphatic carbocycles. The van der Waals surface area contributed by atoms with Crippen LogP contribution in [0.1, 0.15) is 36.5 Å². The van der Waals surface area contributed by atoms with Crippen LogP contribution in [0.4, 0.5) is 11.4 Å². The van der Waals surface area contributed by atoms with Crippen molar-refractivity contribution < 1.29 is 0 Å². The molecule has 3 heteroatoms. The summed E-state index contributed by atoms with van der Waals surface area (Å²) < 4.78 is 0. The lowest BCUT2D eigenvalue weighted by Crippen LogP contribution is -2.33. The maximum atomic E-state index is 6.35. The predicted molar refractivity (Wildman–Crippen MR) is 113 cm³/mol. The largest absolute Gasteiger partial charge is 0.369 e. The van der Waals surface area contributed by atoms with E-state index in [0.717, 1.165) is 11.4 Å². The molecule has 130 valence electrons. The molecule has 3 nitrogen and oxygen atoms in total. The molecule has 0 unspecified atom stereocenters. The van der Waals surface area contributed by atoms with E-state index in [1.165, 1.54) is 27.5 Å². The van der Waals surface area contributed by atoms with Crippen molar-refractivity contribution in [2.75, 3.05) is 11.9 Å².